The topological polar surface area (TPSA) is 45.0 Å². The molecule has 0 aliphatic heterocycles. The highest BCUT2D eigenvalue weighted by Gasteiger charge is 2.05. The van der Waals surface area contributed by atoms with Crippen LogP contribution in [-0.4, -0.2) is 5.11 Å². The number of phenolic OH excluding ortho intramolecular Hbond substituents is 1. The number of halogens is 2. The number of benzene rings is 2. The SMILES string of the molecule is Cc1cc(Br)cc(N=Nc2ccccc2Cl)c1O. The monoisotopic (exact) mass is 324 g/mol. The number of phenols is 1. The van der Waals surface area contributed by atoms with E-state index in [1.54, 1.807) is 25.1 Å². The molecule has 92 valence electrons. The zero-order valence-corrected chi connectivity index (χ0v) is 11.9. The fourth-order valence-electron chi connectivity index (χ4n) is 1.43. The van der Waals surface area contributed by atoms with Crippen LogP contribution in [-0.2, 0) is 0 Å². The summed E-state index contributed by atoms with van der Waals surface area (Å²) in [5.41, 5.74) is 1.70. The molecular weight excluding hydrogens is 316 g/mol. The van der Waals surface area contributed by atoms with Gasteiger partial charge in [0, 0.05) is 4.47 Å². The predicted molar refractivity (Wildman–Crippen MR) is 76.2 cm³/mol. The standard InChI is InChI=1S/C13H10BrClN2O/c1-8-6-9(14)7-12(13(8)18)17-16-11-5-3-2-4-10(11)15/h2-7,18H,1H3. The van der Waals surface area contributed by atoms with E-state index < -0.39 is 0 Å². The summed E-state index contributed by atoms with van der Waals surface area (Å²) in [5, 5.41) is 18.4. The van der Waals surface area contributed by atoms with Gasteiger partial charge in [0.05, 0.1) is 5.02 Å². The van der Waals surface area contributed by atoms with Crippen molar-refractivity contribution in [2.45, 2.75) is 6.92 Å². The molecule has 0 aliphatic rings. The molecule has 0 fully saturated rings. The van der Waals surface area contributed by atoms with Gasteiger partial charge in [-0.15, -0.1) is 10.2 Å². The molecule has 2 aromatic carbocycles. The lowest BCUT2D eigenvalue weighted by atomic mass is 10.2. The molecule has 0 atom stereocenters. The second-order valence-corrected chi connectivity index (χ2v) is 5.06. The molecule has 5 heteroatoms. The Morgan fingerprint density at radius 1 is 1.11 bits per heavy atom. The lowest BCUT2D eigenvalue weighted by molar-refractivity contribution is 0.472. The number of hydrogen-bond donors (Lipinski definition) is 1. The molecule has 0 aliphatic carbocycles. The van der Waals surface area contributed by atoms with Crippen LogP contribution < -0.4 is 0 Å². The Morgan fingerprint density at radius 2 is 1.78 bits per heavy atom. The molecule has 0 spiro atoms. The van der Waals surface area contributed by atoms with Crippen molar-refractivity contribution in [3.8, 4) is 5.75 Å². The summed E-state index contributed by atoms with van der Waals surface area (Å²) in [6, 6.07) is 10.6. The summed E-state index contributed by atoms with van der Waals surface area (Å²) < 4.78 is 0.839. The number of aromatic hydroxyl groups is 1. The van der Waals surface area contributed by atoms with E-state index in [-0.39, 0.29) is 5.75 Å². The van der Waals surface area contributed by atoms with Crippen molar-refractivity contribution in [2.24, 2.45) is 10.2 Å². The van der Waals surface area contributed by atoms with Crippen LogP contribution in [0.4, 0.5) is 11.4 Å². The van der Waals surface area contributed by atoms with Gasteiger partial charge in [-0.25, -0.2) is 0 Å². The molecule has 0 bridgehead atoms. The maximum absolute atomic E-state index is 9.86. The Hall–Kier alpha value is -1.39. The molecule has 2 aromatic rings. The zero-order chi connectivity index (χ0) is 13.1. The zero-order valence-electron chi connectivity index (χ0n) is 9.56. The van der Waals surface area contributed by atoms with Crippen molar-refractivity contribution in [3.05, 3.63) is 51.5 Å². The number of azo groups is 1. The maximum atomic E-state index is 9.86. The molecule has 0 amide bonds. The van der Waals surface area contributed by atoms with Gasteiger partial charge in [0.15, 0.2) is 0 Å². The van der Waals surface area contributed by atoms with Gasteiger partial charge < -0.3 is 5.11 Å². The Labute approximate surface area is 118 Å². The van der Waals surface area contributed by atoms with E-state index in [4.69, 9.17) is 11.6 Å². The molecule has 0 heterocycles. The van der Waals surface area contributed by atoms with Gasteiger partial charge in [-0.05, 0) is 36.8 Å². The molecule has 0 saturated carbocycles. The summed E-state index contributed by atoms with van der Waals surface area (Å²) in [6.07, 6.45) is 0. The van der Waals surface area contributed by atoms with Crippen LogP contribution >= 0.6 is 27.5 Å². The number of hydrogen-bond acceptors (Lipinski definition) is 3. The fraction of sp³-hybridized carbons (Fsp3) is 0.0769. The largest absolute Gasteiger partial charge is 0.505 e. The third kappa shape index (κ3) is 2.89. The first-order valence-corrected chi connectivity index (χ1v) is 6.40. The van der Waals surface area contributed by atoms with E-state index in [1.807, 2.05) is 18.2 Å². The van der Waals surface area contributed by atoms with Crippen molar-refractivity contribution in [1.82, 2.24) is 0 Å². The molecule has 0 unspecified atom stereocenters. The molecular formula is C13H10BrClN2O. The summed E-state index contributed by atoms with van der Waals surface area (Å²) in [7, 11) is 0. The van der Waals surface area contributed by atoms with Crippen LogP contribution in [0.15, 0.2) is 51.1 Å². The minimum atomic E-state index is 0.119. The molecule has 1 N–H and O–H groups in total. The van der Waals surface area contributed by atoms with Crippen LogP contribution in [0.25, 0.3) is 0 Å². The van der Waals surface area contributed by atoms with E-state index in [0.29, 0.717) is 16.4 Å². The highest BCUT2D eigenvalue weighted by Crippen LogP contribution is 2.35. The lowest BCUT2D eigenvalue weighted by Gasteiger charge is -2.03. The summed E-state index contributed by atoms with van der Waals surface area (Å²) >= 11 is 9.32. The summed E-state index contributed by atoms with van der Waals surface area (Å²) in [6.45, 7) is 1.80. The molecule has 0 radical (unpaired) electrons. The van der Waals surface area contributed by atoms with E-state index in [0.717, 1.165) is 10.0 Å². The van der Waals surface area contributed by atoms with E-state index in [2.05, 4.69) is 26.2 Å². The van der Waals surface area contributed by atoms with Gasteiger partial charge in [0.25, 0.3) is 0 Å². The number of aryl methyl sites for hydroxylation is 1. The second-order valence-electron chi connectivity index (χ2n) is 3.74. The van der Waals surface area contributed by atoms with Gasteiger partial charge in [-0.3, -0.25) is 0 Å². The predicted octanol–water partition coefficient (Wildman–Crippen LogP) is 5.53. The van der Waals surface area contributed by atoms with Crippen molar-refractivity contribution >= 4 is 38.9 Å². The van der Waals surface area contributed by atoms with Crippen molar-refractivity contribution in [1.29, 1.82) is 0 Å². The molecule has 18 heavy (non-hydrogen) atoms. The van der Waals surface area contributed by atoms with Gasteiger partial charge in [-0.2, -0.15) is 0 Å². The highest BCUT2D eigenvalue weighted by atomic mass is 79.9. The Balaban J connectivity index is 2.38. The minimum Gasteiger partial charge on any atom is -0.505 e. The van der Waals surface area contributed by atoms with Gasteiger partial charge in [-0.1, -0.05) is 39.7 Å². The van der Waals surface area contributed by atoms with Crippen LogP contribution in [0.1, 0.15) is 5.56 Å². The first-order valence-electron chi connectivity index (χ1n) is 5.23. The third-order valence-corrected chi connectivity index (χ3v) is 3.14. The van der Waals surface area contributed by atoms with E-state index >= 15 is 0 Å². The Kier molecular flexibility index (Phi) is 3.99. The first-order chi connectivity index (χ1) is 8.58. The van der Waals surface area contributed by atoms with Crippen molar-refractivity contribution in [2.75, 3.05) is 0 Å². The van der Waals surface area contributed by atoms with Crippen LogP contribution in [0.2, 0.25) is 5.02 Å². The smallest absolute Gasteiger partial charge is 0.146 e. The maximum Gasteiger partial charge on any atom is 0.146 e. The molecule has 0 aromatic heterocycles. The van der Waals surface area contributed by atoms with Gasteiger partial charge >= 0.3 is 0 Å². The molecule has 0 saturated heterocycles. The average molecular weight is 326 g/mol. The van der Waals surface area contributed by atoms with E-state index in [1.165, 1.54) is 0 Å². The van der Waals surface area contributed by atoms with Crippen LogP contribution in [0.5, 0.6) is 5.75 Å². The van der Waals surface area contributed by atoms with Crippen LogP contribution in [0.3, 0.4) is 0 Å². The van der Waals surface area contributed by atoms with Crippen molar-refractivity contribution < 1.29 is 5.11 Å². The van der Waals surface area contributed by atoms with Gasteiger partial charge in [0.1, 0.15) is 17.1 Å². The normalized spacial score (nSPS) is 11.1. The molecule has 2 rings (SSSR count). The van der Waals surface area contributed by atoms with E-state index in [9.17, 15) is 5.11 Å². The quantitative estimate of drug-likeness (QED) is 0.725. The number of rotatable bonds is 2. The summed E-state index contributed by atoms with van der Waals surface area (Å²) in [4.78, 5) is 0. The van der Waals surface area contributed by atoms with Crippen LogP contribution in [0, 0.1) is 6.92 Å². The third-order valence-electron chi connectivity index (χ3n) is 2.36. The van der Waals surface area contributed by atoms with Crippen molar-refractivity contribution in [3.63, 3.8) is 0 Å². The number of nitrogens with zero attached hydrogens (tertiary/aromatic N) is 2. The first kappa shape index (κ1) is 13.1. The highest BCUT2D eigenvalue weighted by molar-refractivity contribution is 9.10. The van der Waals surface area contributed by atoms with Gasteiger partial charge in [0.2, 0.25) is 0 Å². The minimum absolute atomic E-state index is 0.119. The lowest BCUT2D eigenvalue weighted by Crippen LogP contribution is -1.76. The Morgan fingerprint density at radius 3 is 2.50 bits per heavy atom. The fourth-order valence-corrected chi connectivity index (χ4v) is 2.17. The Bertz CT molecular complexity index is 614. The summed E-state index contributed by atoms with van der Waals surface area (Å²) in [5.74, 6) is 0.119. The average Bonchev–Trinajstić information content (AvgIpc) is 2.33. The second kappa shape index (κ2) is 5.50. The molecule has 3 nitrogen and oxygen atoms in total.